The van der Waals surface area contributed by atoms with Crippen molar-refractivity contribution in [2.75, 3.05) is 4.90 Å². The molecule has 0 amide bonds. The molecule has 2 nitrogen and oxygen atoms in total. The van der Waals surface area contributed by atoms with E-state index in [2.05, 4.69) is 66.7 Å². The Bertz CT molecular complexity index is 3430. The second-order valence-corrected chi connectivity index (χ2v) is 13.7. The summed E-state index contributed by atoms with van der Waals surface area (Å²) in [5.74, 6) is 0. The number of furan rings is 1. The molecule has 2 heteroatoms. The molecule has 0 fully saturated rings. The minimum atomic E-state index is -0.121. The summed E-state index contributed by atoms with van der Waals surface area (Å²) in [7, 11) is 0. The largest absolute Gasteiger partial charge is 0.456 e. The molecule has 1 heterocycles. The molecule has 11 aromatic rings. The average molecular weight is 692 g/mol. The van der Waals surface area contributed by atoms with E-state index in [0.717, 1.165) is 81.8 Å². The van der Waals surface area contributed by atoms with E-state index in [1.807, 2.05) is 114 Å². The summed E-state index contributed by atoms with van der Waals surface area (Å²) in [6.45, 7) is 0. The van der Waals surface area contributed by atoms with Crippen molar-refractivity contribution >= 4 is 82.1 Å². The molecule has 10 aromatic carbocycles. The van der Waals surface area contributed by atoms with Crippen molar-refractivity contribution in [1.82, 2.24) is 0 Å². The van der Waals surface area contributed by atoms with Crippen LogP contribution < -0.4 is 4.90 Å². The number of benzene rings is 10. The van der Waals surface area contributed by atoms with Crippen molar-refractivity contribution in [2.45, 2.75) is 0 Å². The molecule has 0 aliphatic heterocycles. The van der Waals surface area contributed by atoms with Gasteiger partial charge in [0, 0.05) is 27.5 Å². The van der Waals surface area contributed by atoms with Crippen molar-refractivity contribution in [3.8, 4) is 22.3 Å². The predicted molar refractivity (Wildman–Crippen MR) is 229 cm³/mol. The Hall–Kier alpha value is -7.16. The summed E-state index contributed by atoms with van der Waals surface area (Å²) in [4.78, 5) is 1.91. The Balaban J connectivity index is 1.17. The molecule has 1 aromatic heterocycles. The minimum absolute atomic E-state index is 0.0957. The Morgan fingerprint density at radius 3 is 1.65 bits per heavy atom. The van der Waals surface area contributed by atoms with Gasteiger partial charge in [0.05, 0.1) is 11.2 Å². The summed E-state index contributed by atoms with van der Waals surface area (Å²) in [6, 6.07) is 58.5. The number of hydrogen-bond acceptors (Lipinski definition) is 2. The maximum Gasteiger partial charge on any atom is 0.136 e. The van der Waals surface area contributed by atoms with Gasteiger partial charge in [0.25, 0.3) is 0 Å². The summed E-state index contributed by atoms with van der Waals surface area (Å²) in [5, 5.41) is 10.1. The number of nitrogens with zero attached hydrogens (tertiary/aromatic N) is 1. The lowest BCUT2D eigenvalue weighted by Gasteiger charge is -2.28. The molecule has 0 unspecified atom stereocenters. The SMILES string of the molecule is [2H]c1c([2H])c(N(c2ccc(-c3cccc4oc5ccccc5c34)cc2)c2cc3ccccc3c3ccccc23)c([2H])c([2H])c1-c1cc2ccccc2c2ccccc12. The van der Waals surface area contributed by atoms with E-state index in [1.54, 1.807) is 0 Å². The molecule has 11 rings (SSSR count). The van der Waals surface area contributed by atoms with Crippen LogP contribution in [0.4, 0.5) is 17.1 Å². The maximum absolute atomic E-state index is 9.78. The lowest BCUT2D eigenvalue weighted by Crippen LogP contribution is -2.10. The van der Waals surface area contributed by atoms with Gasteiger partial charge in [-0.3, -0.25) is 0 Å². The van der Waals surface area contributed by atoms with E-state index in [1.165, 1.54) is 0 Å². The van der Waals surface area contributed by atoms with E-state index in [9.17, 15) is 5.48 Å². The third-order valence-corrected chi connectivity index (χ3v) is 10.7. The number of anilines is 3. The third kappa shape index (κ3) is 4.81. The van der Waals surface area contributed by atoms with E-state index in [4.69, 9.17) is 4.42 Å². The number of fused-ring (bicyclic) bond motifs is 9. The zero-order valence-corrected chi connectivity index (χ0v) is 29.1. The maximum atomic E-state index is 9.78. The molecule has 54 heavy (non-hydrogen) atoms. The lowest BCUT2D eigenvalue weighted by atomic mass is 9.93. The van der Waals surface area contributed by atoms with Crippen molar-refractivity contribution in [3.05, 3.63) is 200 Å². The van der Waals surface area contributed by atoms with E-state index < -0.39 is 0 Å². The second-order valence-electron chi connectivity index (χ2n) is 13.7. The first-order chi connectivity index (χ1) is 28.5. The zero-order valence-electron chi connectivity index (χ0n) is 33.1. The van der Waals surface area contributed by atoms with Crippen LogP contribution in [0.1, 0.15) is 5.48 Å². The average Bonchev–Trinajstić information content (AvgIpc) is 3.66. The normalized spacial score (nSPS) is 12.7. The fraction of sp³-hybridized carbons (Fsp3) is 0. The van der Waals surface area contributed by atoms with Crippen molar-refractivity contribution < 1.29 is 9.90 Å². The summed E-state index contributed by atoms with van der Waals surface area (Å²) in [5.41, 5.74) is 6.27. The molecule has 0 aliphatic carbocycles. The van der Waals surface area contributed by atoms with E-state index in [-0.39, 0.29) is 35.4 Å². The van der Waals surface area contributed by atoms with Crippen LogP contribution in [0.25, 0.3) is 87.3 Å². The highest BCUT2D eigenvalue weighted by molar-refractivity contribution is 6.16. The van der Waals surface area contributed by atoms with Gasteiger partial charge in [0.1, 0.15) is 11.2 Å². The van der Waals surface area contributed by atoms with E-state index >= 15 is 0 Å². The van der Waals surface area contributed by atoms with Crippen molar-refractivity contribution in [1.29, 1.82) is 0 Å². The summed E-state index contributed by atoms with van der Waals surface area (Å²) < 4.78 is 45.1. The molecular formula is C52H33NO. The molecule has 0 saturated carbocycles. The Morgan fingerprint density at radius 2 is 0.926 bits per heavy atom. The topological polar surface area (TPSA) is 16.4 Å². The quantitative estimate of drug-likeness (QED) is 0.167. The minimum Gasteiger partial charge on any atom is -0.456 e. The molecule has 0 spiro atoms. The van der Waals surface area contributed by atoms with Crippen LogP contribution >= 0.6 is 0 Å². The summed E-state index contributed by atoms with van der Waals surface area (Å²) in [6.07, 6.45) is 0. The van der Waals surface area contributed by atoms with Crippen LogP contribution in [0.3, 0.4) is 0 Å². The van der Waals surface area contributed by atoms with Gasteiger partial charge in [-0.2, -0.15) is 0 Å². The lowest BCUT2D eigenvalue weighted by molar-refractivity contribution is 0.669. The van der Waals surface area contributed by atoms with Crippen molar-refractivity contribution in [2.24, 2.45) is 0 Å². The van der Waals surface area contributed by atoms with Gasteiger partial charge in [-0.05, 0) is 108 Å². The first kappa shape index (κ1) is 26.6. The molecule has 0 N–H and O–H groups in total. The molecule has 252 valence electrons. The van der Waals surface area contributed by atoms with Crippen LogP contribution in [0.15, 0.2) is 205 Å². The Labute approximate surface area is 318 Å². The standard InChI is InChI=1S/C52H33NO/c1-3-14-40-36(12-1)32-48(45-18-6-5-16-43(40)45)35-26-30-39(31-27-35)53(49-33-37-13-2-4-15-41(37)44-17-7-8-19-46(44)49)38-28-24-34(25-29-38)42-21-11-23-51-52(42)47-20-9-10-22-50(47)54-51/h1-33H/i26D,27D,30D,31D. The van der Waals surface area contributed by atoms with Gasteiger partial charge >= 0.3 is 0 Å². The van der Waals surface area contributed by atoms with Crippen molar-refractivity contribution in [3.63, 3.8) is 0 Å². The fourth-order valence-corrected chi connectivity index (χ4v) is 8.23. The zero-order chi connectivity index (χ0) is 39.1. The van der Waals surface area contributed by atoms with E-state index in [0.29, 0.717) is 11.3 Å². The van der Waals surface area contributed by atoms with Gasteiger partial charge in [0.2, 0.25) is 0 Å². The summed E-state index contributed by atoms with van der Waals surface area (Å²) >= 11 is 0. The molecule has 0 bridgehead atoms. The third-order valence-electron chi connectivity index (χ3n) is 10.7. The molecule has 0 aliphatic rings. The van der Waals surface area contributed by atoms with Gasteiger partial charge in [0.15, 0.2) is 0 Å². The fourth-order valence-electron chi connectivity index (χ4n) is 8.23. The molecular weight excluding hydrogens is 655 g/mol. The highest BCUT2D eigenvalue weighted by Gasteiger charge is 2.19. The van der Waals surface area contributed by atoms with Gasteiger partial charge < -0.3 is 9.32 Å². The Morgan fingerprint density at radius 1 is 0.370 bits per heavy atom. The Kier molecular flexibility index (Phi) is 6.02. The van der Waals surface area contributed by atoms with Crippen LogP contribution in [0.2, 0.25) is 0 Å². The van der Waals surface area contributed by atoms with Crippen LogP contribution in [-0.4, -0.2) is 0 Å². The van der Waals surface area contributed by atoms with Crippen LogP contribution in [0, 0.1) is 0 Å². The number of para-hydroxylation sites is 1. The number of hydrogen-bond donors (Lipinski definition) is 0. The highest BCUT2D eigenvalue weighted by Crippen LogP contribution is 2.44. The first-order valence-corrected chi connectivity index (χ1v) is 18.2. The van der Waals surface area contributed by atoms with Gasteiger partial charge in [-0.15, -0.1) is 0 Å². The molecule has 0 saturated heterocycles. The smallest absolute Gasteiger partial charge is 0.136 e. The van der Waals surface area contributed by atoms with Gasteiger partial charge in [-0.1, -0.05) is 152 Å². The number of rotatable bonds is 5. The first-order valence-electron chi connectivity index (χ1n) is 20.2. The van der Waals surface area contributed by atoms with Gasteiger partial charge in [-0.25, -0.2) is 0 Å². The van der Waals surface area contributed by atoms with Crippen LogP contribution in [0.5, 0.6) is 0 Å². The van der Waals surface area contributed by atoms with Crippen LogP contribution in [-0.2, 0) is 0 Å². The predicted octanol–water partition coefficient (Wildman–Crippen LogP) is 15.0. The molecule has 0 atom stereocenters. The monoisotopic (exact) mass is 691 g/mol. The molecule has 0 radical (unpaired) electrons. The highest BCUT2D eigenvalue weighted by atomic mass is 16.3. The second kappa shape index (κ2) is 12.2.